The highest BCUT2D eigenvalue weighted by Gasteiger charge is 2.27. The van der Waals surface area contributed by atoms with E-state index in [0.717, 1.165) is 72.7 Å². The first-order chi connectivity index (χ1) is 20.4. The molecule has 7 rings (SSSR count). The molecule has 0 radical (unpaired) electrons. The van der Waals surface area contributed by atoms with Gasteiger partial charge >= 0.3 is 0 Å². The van der Waals surface area contributed by atoms with E-state index in [1.807, 2.05) is 30.0 Å². The van der Waals surface area contributed by atoms with Crippen molar-refractivity contribution in [1.29, 1.82) is 0 Å². The minimum Gasteiger partial charge on any atom is -0.383 e. The Morgan fingerprint density at radius 3 is 2.62 bits per heavy atom. The first-order valence-electron chi connectivity index (χ1n) is 14.8. The fraction of sp³-hybridized carbons (Fsp3) is 0.364. The predicted molar refractivity (Wildman–Crippen MR) is 168 cm³/mol. The van der Waals surface area contributed by atoms with Gasteiger partial charge in [-0.05, 0) is 112 Å². The van der Waals surface area contributed by atoms with Crippen LogP contribution in [0.15, 0.2) is 54.9 Å². The van der Waals surface area contributed by atoms with Crippen molar-refractivity contribution >= 4 is 44.2 Å². The number of nitrogens with zero attached hydrogens (tertiary/aromatic N) is 6. The molecule has 9 heteroatoms. The fourth-order valence-electron chi connectivity index (χ4n) is 6.46. The zero-order valence-electron chi connectivity index (χ0n) is 24.1. The summed E-state index contributed by atoms with van der Waals surface area (Å²) in [7, 11) is 2.19. The van der Waals surface area contributed by atoms with Crippen LogP contribution < -0.4 is 5.73 Å². The van der Waals surface area contributed by atoms with Gasteiger partial charge < -0.3 is 15.5 Å². The fourth-order valence-corrected chi connectivity index (χ4v) is 7.66. The summed E-state index contributed by atoms with van der Waals surface area (Å²) in [6.07, 6.45) is 8.72. The van der Waals surface area contributed by atoms with Crippen LogP contribution >= 0.6 is 11.3 Å². The number of piperidine rings is 1. The molecule has 1 amide bonds. The first kappa shape index (κ1) is 26.9. The third-order valence-electron chi connectivity index (χ3n) is 8.91. The summed E-state index contributed by atoms with van der Waals surface area (Å²) in [6.45, 7) is 4.66. The van der Waals surface area contributed by atoms with Crippen molar-refractivity contribution in [3.05, 3.63) is 87.9 Å². The third-order valence-corrected chi connectivity index (χ3v) is 10.1. The van der Waals surface area contributed by atoms with Crippen LogP contribution in [-0.4, -0.2) is 55.8 Å². The van der Waals surface area contributed by atoms with Gasteiger partial charge in [-0.2, -0.15) is 0 Å². The number of aryl methyl sites for hydroxylation is 1. The number of nitrogens with two attached hydrogens (primary N) is 1. The second-order valence-electron chi connectivity index (χ2n) is 11.7. The van der Waals surface area contributed by atoms with E-state index in [1.165, 1.54) is 15.3 Å². The number of carbonyl (C=O) groups excluding carboxylic acids is 1. The molecule has 2 aromatic carbocycles. The highest BCUT2D eigenvalue weighted by atomic mass is 32.1. The van der Waals surface area contributed by atoms with Crippen molar-refractivity contribution < 1.29 is 4.79 Å². The maximum atomic E-state index is 14.3. The highest BCUT2D eigenvalue weighted by molar-refractivity contribution is 7.18. The number of amides is 1. The number of fused-ring (bicyclic) bond motifs is 4. The Hall–Kier alpha value is -3.95. The molecule has 214 valence electrons. The van der Waals surface area contributed by atoms with Crippen molar-refractivity contribution in [2.24, 2.45) is 0 Å². The number of benzene rings is 2. The lowest BCUT2D eigenvalue weighted by Crippen LogP contribution is -2.34. The monoisotopic (exact) mass is 577 g/mol. The van der Waals surface area contributed by atoms with Gasteiger partial charge in [0.15, 0.2) is 0 Å². The Morgan fingerprint density at radius 2 is 1.81 bits per heavy atom. The lowest BCUT2D eigenvalue weighted by atomic mass is 9.98. The summed E-state index contributed by atoms with van der Waals surface area (Å²) >= 11 is 1.79. The van der Waals surface area contributed by atoms with Crippen LogP contribution in [0, 0.1) is 0 Å². The largest absolute Gasteiger partial charge is 0.383 e. The molecule has 0 saturated carbocycles. The molecule has 3 aromatic heterocycles. The zero-order valence-corrected chi connectivity index (χ0v) is 24.9. The van der Waals surface area contributed by atoms with E-state index in [2.05, 4.69) is 45.1 Å². The second-order valence-corrected chi connectivity index (χ2v) is 12.7. The van der Waals surface area contributed by atoms with Crippen LogP contribution in [-0.2, 0) is 19.4 Å². The van der Waals surface area contributed by atoms with Gasteiger partial charge in [-0.3, -0.25) is 4.79 Å². The minimum atomic E-state index is -0.323. The van der Waals surface area contributed by atoms with Gasteiger partial charge in [0.25, 0.3) is 5.91 Å². The Morgan fingerprint density at radius 1 is 1.05 bits per heavy atom. The van der Waals surface area contributed by atoms with Crippen molar-refractivity contribution in [2.45, 2.75) is 57.5 Å². The molecule has 1 unspecified atom stereocenters. The number of nitrogen functional groups attached to an aromatic ring is 1. The van der Waals surface area contributed by atoms with Crippen molar-refractivity contribution in [1.82, 2.24) is 29.7 Å². The number of hydrogen-bond donors (Lipinski definition) is 1. The van der Waals surface area contributed by atoms with Gasteiger partial charge in [-0.1, -0.05) is 6.07 Å². The smallest absolute Gasteiger partial charge is 0.254 e. The zero-order chi connectivity index (χ0) is 28.8. The molecule has 0 spiro atoms. The number of anilines is 1. The normalized spacial score (nSPS) is 16.6. The van der Waals surface area contributed by atoms with Crippen LogP contribution in [0.4, 0.5) is 5.82 Å². The number of likely N-dealkylation sites (tertiary alicyclic amines) is 1. The maximum absolute atomic E-state index is 14.3. The van der Waals surface area contributed by atoms with Crippen LogP contribution in [0.1, 0.15) is 76.0 Å². The molecule has 0 bridgehead atoms. The Labute approximate surface area is 249 Å². The average Bonchev–Trinajstić information content (AvgIpc) is 3.68. The van der Waals surface area contributed by atoms with Crippen molar-refractivity contribution in [2.75, 3.05) is 25.9 Å². The van der Waals surface area contributed by atoms with E-state index < -0.39 is 0 Å². The average molecular weight is 578 g/mol. The molecule has 1 fully saturated rings. The van der Waals surface area contributed by atoms with Gasteiger partial charge in [-0.25, -0.2) is 19.9 Å². The van der Waals surface area contributed by atoms with E-state index in [9.17, 15) is 4.79 Å². The molecule has 8 nitrogen and oxygen atoms in total. The van der Waals surface area contributed by atoms with Crippen LogP contribution in [0.5, 0.6) is 0 Å². The number of rotatable bonds is 6. The summed E-state index contributed by atoms with van der Waals surface area (Å²) in [5.41, 5.74) is 12.2. The molecule has 2 aliphatic rings. The standard InChI is InChI=1S/C33H35N7OS/c1-20(31-35-13-4-14-36-31)40(33(41)23-8-10-27-26(18-23)24-5-3-6-25(24)30(34)37-27)19-21-7-9-28-29(17-21)42-32(38-28)22-11-15-39(2)16-12-22/h4,7-10,13-14,17-18,20,22H,3,5-6,11-12,15-16,19H2,1-2H3,(H2,34,37). The van der Waals surface area contributed by atoms with Crippen molar-refractivity contribution in [3.63, 3.8) is 0 Å². The maximum Gasteiger partial charge on any atom is 0.254 e. The Balaban J connectivity index is 1.22. The van der Waals surface area contributed by atoms with E-state index in [-0.39, 0.29) is 11.9 Å². The molecule has 1 aliphatic carbocycles. The summed E-state index contributed by atoms with van der Waals surface area (Å²) in [5, 5.41) is 2.26. The highest BCUT2D eigenvalue weighted by Crippen LogP contribution is 2.36. The number of pyridine rings is 1. The molecular formula is C33H35N7OS. The number of carbonyl (C=O) groups is 1. The van der Waals surface area contributed by atoms with Crippen molar-refractivity contribution in [3.8, 4) is 0 Å². The first-order valence-corrected chi connectivity index (χ1v) is 15.6. The molecule has 1 saturated heterocycles. The van der Waals surface area contributed by atoms with Crippen LogP contribution in [0.2, 0.25) is 0 Å². The van der Waals surface area contributed by atoms with Crippen LogP contribution in [0.25, 0.3) is 21.1 Å². The molecule has 2 N–H and O–H groups in total. The van der Waals surface area contributed by atoms with E-state index in [4.69, 9.17) is 10.7 Å². The minimum absolute atomic E-state index is 0.0585. The lowest BCUT2D eigenvalue weighted by Gasteiger charge is -2.29. The Bertz CT molecular complexity index is 1780. The number of hydrogen-bond acceptors (Lipinski definition) is 8. The molecule has 1 atom stereocenters. The van der Waals surface area contributed by atoms with E-state index in [0.29, 0.717) is 29.7 Å². The van der Waals surface area contributed by atoms with Gasteiger partial charge in [0.2, 0.25) is 0 Å². The summed E-state index contributed by atoms with van der Waals surface area (Å²) < 4.78 is 1.17. The topological polar surface area (TPSA) is 101 Å². The second kappa shape index (κ2) is 11.0. The number of thiazole rings is 1. The lowest BCUT2D eigenvalue weighted by molar-refractivity contribution is 0.0666. The van der Waals surface area contributed by atoms with E-state index >= 15 is 0 Å². The molecule has 5 aromatic rings. The molecule has 42 heavy (non-hydrogen) atoms. The van der Waals surface area contributed by atoms with Gasteiger partial charge in [0.05, 0.1) is 26.8 Å². The SMILES string of the molecule is CC(c1ncccn1)N(Cc1ccc2nc(C3CCN(C)CC3)sc2c1)C(=O)c1ccc2nc(N)c3c(c2c1)CCC3. The summed E-state index contributed by atoms with van der Waals surface area (Å²) in [4.78, 5) is 37.2. The summed E-state index contributed by atoms with van der Waals surface area (Å²) in [5.74, 6) is 1.69. The molecular weight excluding hydrogens is 542 g/mol. The Kier molecular flexibility index (Phi) is 7.07. The van der Waals surface area contributed by atoms with Gasteiger partial charge in [-0.15, -0.1) is 11.3 Å². The summed E-state index contributed by atoms with van der Waals surface area (Å²) in [6, 6.07) is 13.7. The quantitative estimate of drug-likeness (QED) is 0.267. The van der Waals surface area contributed by atoms with Gasteiger partial charge in [0, 0.05) is 35.8 Å². The third kappa shape index (κ3) is 5.01. The molecule has 4 heterocycles. The van der Waals surface area contributed by atoms with E-state index in [1.54, 1.807) is 29.8 Å². The predicted octanol–water partition coefficient (Wildman–Crippen LogP) is 5.92. The van der Waals surface area contributed by atoms with Gasteiger partial charge in [0.1, 0.15) is 11.6 Å². The van der Waals surface area contributed by atoms with Crippen LogP contribution in [0.3, 0.4) is 0 Å². The number of aromatic nitrogens is 4. The molecule has 1 aliphatic heterocycles.